The Morgan fingerprint density at radius 1 is 1.03 bits per heavy atom. The van der Waals surface area contributed by atoms with Gasteiger partial charge in [-0.25, -0.2) is 0 Å². The molecule has 2 aromatic rings. The fraction of sp³-hybridized carbons (Fsp3) is 0.321. The van der Waals surface area contributed by atoms with E-state index >= 15 is 0 Å². The van der Waals surface area contributed by atoms with Crippen LogP contribution in [0.25, 0.3) is 16.9 Å². The van der Waals surface area contributed by atoms with Crippen molar-refractivity contribution in [3.05, 3.63) is 70.5 Å². The zero-order chi connectivity index (χ0) is 27.8. The average Bonchev–Trinajstić information content (AvgIpc) is 2.86. The highest BCUT2D eigenvalue weighted by Crippen LogP contribution is 2.56. The number of carbonyl (C=O) groups excluding carboxylic acids is 3. The van der Waals surface area contributed by atoms with Crippen LogP contribution < -0.4 is 5.73 Å². The highest BCUT2D eigenvalue weighted by atomic mass is 16.4. The predicted molar refractivity (Wildman–Crippen MR) is 136 cm³/mol. The summed E-state index contributed by atoms with van der Waals surface area (Å²) in [6, 6.07) is 10.9. The summed E-state index contributed by atoms with van der Waals surface area (Å²) in [7, 11) is 2.93. The van der Waals surface area contributed by atoms with E-state index in [4.69, 9.17) is 5.73 Å². The summed E-state index contributed by atoms with van der Waals surface area (Å²) >= 11 is 0. The molecular formula is C28H28N2O8. The van der Waals surface area contributed by atoms with Gasteiger partial charge in [0.15, 0.2) is 11.4 Å². The molecule has 5 rings (SSSR count). The molecule has 0 bridgehead atoms. The molecule has 0 radical (unpaired) electrons. The van der Waals surface area contributed by atoms with Gasteiger partial charge in [0.1, 0.15) is 22.8 Å². The lowest BCUT2D eigenvalue weighted by atomic mass is 9.54. The maximum absolute atomic E-state index is 14.0. The van der Waals surface area contributed by atoms with Crippen molar-refractivity contribution < 1.29 is 39.9 Å². The maximum atomic E-state index is 14.0. The molecule has 0 aliphatic heterocycles. The average molecular weight is 521 g/mol. The first-order chi connectivity index (χ1) is 17.8. The number of primary amides is 1. The number of carbonyl (C=O) groups is 3. The number of benzene rings is 2. The van der Waals surface area contributed by atoms with Crippen LogP contribution in [0.2, 0.25) is 0 Å². The molecule has 7 N–H and O–H groups in total. The normalized spacial score (nSPS) is 30.7. The third-order valence-electron chi connectivity index (χ3n) is 8.21. The van der Waals surface area contributed by atoms with Crippen molar-refractivity contribution in [3.8, 4) is 16.9 Å². The Morgan fingerprint density at radius 2 is 1.66 bits per heavy atom. The number of ketones is 2. The van der Waals surface area contributed by atoms with Crippen LogP contribution in [0, 0.1) is 11.8 Å². The van der Waals surface area contributed by atoms with Gasteiger partial charge < -0.3 is 31.3 Å². The number of likely N-dealkylation sites (N-methyl/N-ethyl adjacent to an activating group) is 1. The van der Waals surface area contributed by atoms with Gasteiger partial charge in [-0.3, -0.25) is 19.3 Å². The second kappa shape index (κ2) is 8.52. The van der Waals surface area contributed by atoms with Crippen LogP contribution in [0.1, 0.15) is 24.0 Å². The van der Waals surface area contributed by atoms with E-state index in [-0.39, 0.29) is 11.3 Å². The van der Waals surface area contributed by atoms with Gasteiger partial charge in [-0.2, -0.15) is 0 Å². The van der Waals surface area contributed by atoms with E-state index in [1.165, 1.54) is 19.0 Å². The predicted octanol–water partition coefficient (Wildman–Crippen LogP) is 1.16. The van der Waals surface area contributed by atoms with Crippen LogP contribution in [0.4, 0.5) is 0 Å². The van der Waals surface area contributed by atoms with Crippen LogP contribution in [-0.2, 0) is 14.4 Å². The molecule has 1 unspecified atom stereocenters. The second-order valence-corrected chi connectivity index (χ2v) is 10.3. The third-order valence-corrected chi connectivity index (χ3v) is 8.21. The topological polar surface area (TPSA) is 182 Å². The number of hydrogen-bond donors (Lipinski definition) is 6. The van der Waals surface area contributed by atoms with Crippen molar-refractivity contribution in [2.24, 2.45) is 17.6 Å². The molecule has 1 saturated carbocycles. The standard InChI is InChI=1S/C28H28N2O8/c1-11-13-9-10-14(12-7-5-4-6-8-12)21(31)16(13)22(32)17-15(11)23(33)19-20(30(2)3)24(34)18(27(29)37)26(36)28(19,38)25(17)35/h4-11,15,19-20,23,31-33,36,38H,1-3H3,(H2,29,37)/t11?,15-,19-,20+,23+,28+/m1/s1. The van der Waals surface area contributed by atoms with Crippen molar-refractivity contribution in [2.75, 3.05) is 14.1 Å². The van der Waals surface area contributed by atoms with Crippen molar-refractivity contribution >= 4 is 23.2 Å². The van der Waals surface area contributed by atoms with Gasteiger partial charge in [-0.15, -0.1) is 0 Å². The number of nitrogens with zero attached hydrogens (tertiary/aromatic N) is 1. The number of amides is 1. The maximum Gasteiger partial charge on any atom is 0.255 e. The van der Waals surface area contributed by atoms with Crippen molar-refractivity contribution in [1.29, 1.82) is 0 Å². The molecule has 3 aliphatic rings. The molecule has 0 saturated heterocycles. The monoisotopic (exact) mass is 520 g/mol. The number of nitrogens with two attached hydrogens (primary N) is 1. The molecule has 0 heterocycles. The van der Waals surface area contributed by atoms with Crippen molar-refractivity contribution in [2.45, 2.75) is 30.6 Å². The van der Waals surface area contributed by atoms with Crippen LogP contribution in [-0.4, -0.2) is 79.7 Å². The fourth-order valence-electron chi connectivity index (χ4n) is 6.47. The number of hydrogen-bond acceptors (Lipinski definition) is 9. The summed E-state index contributed by atoms with van der Waals surface area (Å²) in [6.07, 6.45) is -1.62. The Balaban J connectivity index is 1.79. The molecular weight excluding hydrogens is 492 g/mol. The van der Waals surface area contributed by atoms with Crippen molar-refractivity contribution in [1.82, 2.24) is 4.90 Å². The Hall–Kier alpha value is -3.99. The molecule has 1 fully saturated rings. The molecule has 0 spiro atoms. The molecule has 0 aromatic heterocycles. The van der Waals surface area contributed by atoms with Gasteiger partial charge in [0.2, 0.25) is 5.78 Å². The van der Waals surface area contributed by atoms with Crippen LogP contribution >= 0.6 is 0 Å². The smallest absolute Gasteiger partial charge is 0.255 e. The molecule has 2 aromatic carbocycles. The van der Waals surface area contributed by atoms with Gasteiger partial charge in [0.05, 0.1) is 23.6 Å². The Bertz CT molecular complexity index is 1460. The van der Waals surface area contributed by atoms with Gasteiger partial charge in [0, 0.05) is 17.1 Å². The zero-order valence-electron chi connectivity index (χ0n) is 20.9. The number of Topliss-reactive ketones (excluding diaryl/α,β-unsaturated/α-hetero) is 2. The quantitative estimate of drug-likeness (QED) is 0.324. The lowest BCUT2D eigenvalue weighted by Gasteiger charge is -2.53. The van der Waals surface area contributed by atoms with E-state index in [1.54, 1.807) is 49.4 Å². The van der Waals surface area contributed by atoms with Crippen molar-refractivity contribution in [3.63, 3.8) is 0 Å². The molecule has 6 atom stereocenters. The minimum Gasteiger partial charge on any atom is -0.508 e. The minimum atomic E-state index is -2.93. The zero-order valence-corrected chi connectivity index (χ0v) is 20.9. The van der Waals surface area contributed by atoms with E-state index in [9.17, 15) is 39.9 Å². The van der Waals surface area contributed by atoms with E-state index in [0.29, 0.717) is 16.7 Å². The lowest BCUT2D eigenvalue weighted by Crippen LogP contribution is -2.70. The largest absolute Gasteiger partial charge is 0.508 e. The second-order valence-electron chi connectivity index (χ2n) is 10.3. The van der Waals surface area contributed by atoms with Crippen LogP contribution in [0.15, 0.2) is 59.4 Å². The third kappa shape index (κ3) is 3.14. The Morgan fingerprint density at radius 3 is 2.24 bits per heavy atom. The van der Waals surface area contributed by atoms with E-state index < -0.39 is 75.6 Å². The highest BCUT2D eigenvalue weighted by Gasteiger charge is 2.68. The van der Waals surface area contributed by atoms with Gasteiger partial charge in [-0.05, 0) is 31.1 Å². The molecule has 10 nitrogen and oxygen atoms in total. The number of phenolic OH excluding ortho intramolecular Hbond substituents is 1. The summed E-state index contributed by atoms with van der Waals surface area (Å²) in [5, 5.41) is 57.0. The minimum absolute atomic E-state index is 0.0395. The first kappa shape index (κ1) is 25.7. The first-order valence-corrected chi connectivity index (χ1v) is 12.1. The SMILES string of the molecule is CC1c2ccc(-c3ccccc3)c(O)c2C(O)=C2C(=O)[C@]3(O)C(O)=C(C(N)=O)C(=O)[C@@H](N(C)C)[C@@H]3[C@@H](O)[C@@H]21. The molecule has 3 aliphatic carbocycles. The number of aliphatic hydroxyl groups excluding tert-OH is 3. The molecule has 198 valence electrons. The summed E-state index contributed by atoms with van der Waals surface area (Å²) < 4.78 is 0. The van der Waals surface area contributed by atoms with Gasteiger partial charge >= 0.3 is 0 Å². The molecule has 10 heteroatoms. The summed E-state index contributed by atoms with van der Waals surface area (Å²) in [4.78, 5) is 40.7. The number of phenols is 1. The number of aliphatic hydroxyl groups is 4. The summed E-state index contributed by atoms with van der Waals surface area (Å²) in [5.41, 5.74) is 2.49. The van der Waals surface area contributed by atoms with Gasteiger partial charge in [0.25, 0.3) is 5.91 Å². The van der Waals surface area contributed by atoms with Crippen LogP contribution in [0.3, 0.4) is 0 Å². The Kier molecular flexibility index (Phi) is 5.75. The highest BCUT2D eigenvalue weighted by molar-refractivity contribution is 6.24. The van der Waals surface area contributed by atoms with Crippen LogP contribution in [0.5, 0.6) is 5.75 Å². The van der Waals surface area contributed by atoms with E-state index in [1.807, 2.05) is 0 Å². The fourth-order valence-corrected chi connectivity index (χ4v) is 6.47. The lowest BCUT2D eigenvalue weighted by molar-refractivity contribution is -0.169. The number of fused-ring (bicyclic) bond motifs is 3. The first-order valence-electron chi connectivity index (χ1n) is 12.1. The van der Waals surface area contributed by atoms with E-state index in [2.05, 4.69) is 0 Å². The number of rotatable bonds is 3. The Labute approximate surface area is 217 Å². The molecule has 38 heavy (non-hydrogen) atoms. The van der Waals surface area contributed by atoms with Gasteiger partial charge in [-0.1, -0.05) is 49.4 Å². The van der Waals surface area contributed by atoms with E-state index in [0.717, 1.165) is 0 Å². The summed E-state index contributed by atoms with van der Waals surface area (Å²) in [5.74, 6) is -9.03. The summed E-state index contributed by atoms with van der Waals surface area (Å²) in [6.45, 7) is 1.69. The molecule has 1 amide bonds. The number of aromatic hydroxyl groups is 1.